The molecule has 1 aromatic heterocycles. The van der Waals surface area contributed by atoms with Gasteiger partial charge in [-0.1, -0.05) is 49.7 Å². The molecule has 6 rings (SSSR count). The third-order valence-corrected chi connectivity index (χ3v) is 7.24. The third kappa shape index (κ3) is 2.43. The van der Waals surface area contributed by atoms with E-state index < -0.39 is 0 Å². The summed E-state index contributed by atoms with van der Waals surface area (Å²) >= 11 is 0. The van der Waals surface area contributed by atoms with Gasteiger partial charge in [-0.15, -0.1) is 0 Å². The summed E-state index contributed by atoms with van der Waals surface area (Å²) in [4.78, 5) is 10.3. The lowest BCUT2D eigenvalue weighted by Crippen LogP contribution is -2.46. The van der Waals surface area contributed by atoms with Gasteiger partial charge in [0.2, 0.25) is 0 Å². The van der Waals surface area contributed by atoms with Gasteiger partial charge >= 0.3 is 0 Å². The molecule has 146 valence electrons. The van der Waals surface area contributed by atoms with Gasteiger partial charge in [-0.05, 0) is 50.7 Å². The minimum Gasteiger partial charge on any atom is -0.487 e. The molecule has 1 saturated carbocycles. The Morgan fingerprint density at radius 3 is 2.28 bits per heavy atom. The number of nitrogens with zero attached hydrogens (tertiary/aromatic N) is 2. The first kappa shape index (κ1) is 17.2. The summed E-state index contributed by atoms with van der Waals surface area (Å²) in [5.41, 5.74) is 5.10. The van der Waals surface area contributed by atoms with Crippen LogP contribution in [0.2, 0.25) is 0 Å². The Balaban J connectivity index is 1.78. The molecule has 0 amide bonds. The van der Waals surface area contributed by atoms with Gasteiger partial charge in [0.1, 0.15) is 11.4 Å². The molecule has 1 aliphatic heterocycles. The lowest BCUT2D eigenvalue weighted by Gasteiger charge is -2.49. The minimum atomic E-state index is -0.168. The molecule has 4 aromatic rings. The molecule has 2 heterocycles. The Kier molecular flexibility index (Phi) is 3.51. The van der Waals surface area contributed by atoms with E-state index in [1.165, 1.54) is 30.2 Å². The van der Waals surface area contributed by atoms with Crippen molar-refractivity contribution < 1.29 is 4.74 Å². The van der Waals surface area contributed by atoms with Gasteiger partial charge in [-0.3, -0.25) is 0 Å². The first-order chi connectivity index (χ1) is 14.0. The third-order valence-electron chi connectivity index (χ3n) is 7.24. The number of hydrogen-bond acceptors (Lipinski definition) is 3. The molecule has 3 aromatic carbocycles. The van der Waals surface area contributed by atoms with Crippen molar-refractivity contribution in [3.8, 4) is 5.75 Å². The molecule has 2 aliphatic rings. The van der Waals surface area contributed by atoms with Gasteiger partial charge in [0.15, 0.2) is 0 Å². The average Bonchev–Trinajstić information content (AvgIpc) is 2.72. The molecule has 0 N–H and O–H groups in total. The van der Waals surface area contributed by atoms with Crippen LogP contribution in [-0.2, 0) is 0 Å². The number of para-hydroxylation sites is 2. The summed E-state index contributed by atoms with van der Waals surface area (Å²) in [6.45, 7) is 6.94. The van der Waals surface area contributed by atoms with Gasteiger partial charge < -0.3 is 4.74 Å². The fourth-order valence-electron chi connectivity index (χ4n) is 5.84. The first-order valence-electron chi connectivity index (χ1n) is 10.8. The zero-order valence-electron chi connectivity index (χ0n) is 17.3. The van der Waals surface area contributed by atoms with Crippen LogP contribution >= 0.6 is 0 Å². The second-order valence-corrected chi connectivity index (χ2v) is 9.53. The van der Waals surface area contributed by atoms with Crippen LogP contribution in [0, 0.1) is 11.8 Å². The van der Waals surface area contributed by atoms with E-state index in [9.17, 15) is 0 Å². The van der Waals surface area contributed by atoms with Crippen molar-refractivity contribution in [3.63, 3.8) is 0 Å². The monoisotopic (exact) mass is 382 g/mol. The van der Waals surface area contributed by atoms with Crippen LogP contribution in [0.3, 0.4) is 0 Å². The first-order valence-corrected chi connectivity index (χ1v) is 10.8. The van der Waals surface area contributed by atoms with Crippen molar-refractivity contribution in [2.75, 3.05) is 0 Å². The second-order valence-electron chi connectivity index (χ2n) is 9.53. The van der Waals surface area contributed by atoms with Crippen molar-refractivity contribution in [2.45, 2.75) is 51.6 Å². The molecule has 3 heteroatoms. The van der Waals surface area contributed by atoms with Crippen LogP contribution < -0.4 is 4.74 Å². The summed E-state index contributed by atoms with van der Waals surface area (Å²) in [6.07, 6.45) is 3.70. The van der Waals surface area contributed by atoms with Crippen LogP contribution in [0.1, 0.15) is 51.5 Å². The average molecular weight is 383 g/mol. The van der Waals surface area contributed by atoms with E-state index in [1.807, 2.05) is 12.1 Å². The highest BCUT2D eigenvalue weighted by atomic mass is 16.5. The Bertz CT molecular complexity index is 1280. The summed E-state index contributed by atoms with van der Waals surface area (Å²) < 4.78 is 6.79. The number of benzene rings is 3. The molecular formula is C26H26N2O. The predicted molar refractivity (Wildman–Crippen MR) is 119 cm³/mol. The van der Waals surface area contributed by atoms with Crippen LogP contribution in [0.15, 0.2) is 48.5 Å². The molecule has 1 aliphatic carbocycles. The molecule has 1 fully saturated rings. The SMILES string of the molecule is C[C@H]1CC[C@H]2C(C1)c1c(c3ccccc3c3nc4ccccc4nc13)OC2(C)C. The second kappa shape index (κ2) is 5.91. The molecule has 3 atom stereocenters. The summed E-state index contributed by atoms with van der Waals surface area (Å²) in [5.74, 6) is 2.76. The van der Waals surface area contributed by atoms with Gasteiger partial charge in [0.25, 0.3) is 0 Å². The van der Waals surface area contributed by atoms with E-state index in [2.05, 4.69) is 57.2 Å². The lowest BCUT2D eigenvalue weighted by atomic mass is 9.64. The van der Waals surface area contributed by atoms with E-state index >= 15 is 0 Å². The molecule has 0 bridgehead atoms. The van der Waals surface area contributed by atoms with Crippen molar-refractivity contribution in [2.24, 2.45) is 11.8 Å². The highest BCUT2D eigenvalue weighted by Gasteiger charge is 2.47. The Morgan fingerprint density at radius 2 is 1.52 bits per heavy atom. The van der Waals surface area contributed by atoms with E-state index in [0.717, 1.165) is 39.1 Å². The predicted octanol–water partition coefficient (Wildman–Crippen LogP) is 6.63. The molecule has 3 nitrogen and oxygen atoms in total. The summed E-state index contributed by atoms with van der Waals surface area (Å²) in [7, 11) is 0. The van der Waals surface area contributed by atoms with Gasteiger partial charge in [0, 0.05) is 22.3 Å². The van der Waals surface area contributed by atoms with E-state index in [0.29, 0.717) is 11.8 Å². The van der Waals surface area contributed by atoms with Crippen molar-refractivity contribution in [1.82, 2.24) is 9.97 Å². The topological polar surface area (TPSA) is 35.0 Å². The quantitative estimate of drug-likeness (QED) is 0.253. The number of fused-ring (bicyclic) bond motifs is 9. The number of hydrogen-bond donors (Lipinski definition) is 0. The smallest absolute Gasteiger partial charge is 0.133 e. The molecular weight excluding hydrogens is 356 g/mol. The standard InChI is InChI=1S/C26H26N2O/c1-15-12-13-19-18(14-15)22-24-23(27-20-10-6-7-11-21(20)28-24)16-8-4-5-9-17(16)25(22)29-26(19,2)3/h4-11,15,18-19H,12-14H2,1-3H3/t15-,18?,19-/m0/s1. The molecule has 0 saturated heterocycles. The number of ether oxygens (including phenoxy) is 1. The Hall–Kier alpha value is -2.68. The minimum absolute atomic E-state index is 0.168. The molecule has 29 heavy (non-hydrogen) atoms. The van der Waals surface area contributed by atoms with E-state index in [4.69, 9.17) is 14.7 Å². The summed E-state index contributed by atoms with van der Waals surface area (Å²) in [5, 5.41) is 2.31. The van der Waals surface area contributed by atoms with Crippen LogP contribution in [0.25, 0.3) is 32.8 Å². The fourth-order valence-corrected chi connectivity index (χ4v) is 5.84. The molecule has 0 radical (unpaired) electrons. The lowest BCUT2D eigenvalue weighted by molar-refractivity contribution is -0.0115. The van der Waals surface area contributed by atoms with Crippen molar-refractivity contribution >= 4 is 32.8 Å². The molecule has 0 spiro atoms. The highest BCUT2D eigenvalue weighted by Crippen LogP contribution is 2.56. The fraction of sp³-hybridized carbons (Fsp3) is 0.385. The van der Waals surface area contributed by atoms with E-state index in [-0.39, 0.29) is 5.60 Å². The molecule has 1 unspecified atom stereocenters. The Morgan fingerprint density at radius 1 is 0.862 bits per heavy atom. The van der Waals surface area contributed by atoms with Crippen molar-refractivity contribution in [3.05, 3.63) is 54.1 Å². The van der Waals surface area contributed by atoms with Crippen LogP contribution in [0.4, 0.5) is 0 Å². The van der Waals surface area contributed by atoms with Crippen LogP contribution in [-0.4, -0.2) is 15.6 Å². The van der Waals surface area contributed by atoms with E-state index in [1.54, 1.807) is 0 Å². The maximum Gasteiger partial charge on any atom is 0.133 e. The normalized spacial score (nSPS) is 25.6. The zero-order chi connectivity index (χ0) is 19.8. The number of aromatic nitrogens is 2. The summed E-state index contributed by atoms with van der Waals surface area (Å²) in [6, 6.07) is 16.7. The Labute approximate surface area is 171 Å². The maximum absolute atomic E-state index is 6.79. The maximum atomic E-state index is 6.79. The number of rotatable bonds is 0. The zero-order valence-corrected chi connectivity index (χ0v) is 17.3. The van der Waals surface area contributed by atoms with Crippen LogP contribution in [0.5, 0.6) is 5.75 Å². The van der Waals surface area contributed by atoms with Crippen molar-refractivity contribution in [1.29, 1.82) is 0 Å². The van der Waals surface area contributed by atoms with Gasteiger partial charge in [-0.25, -0.2) is 9.97 Å². The largest absolute Gasteiger partial charge is 0.487 e. The van der Waals surface area contributed by atoms with Gasteiger partial charge in [0.05, 0.1) is 22.1 Å². The van der Waals surface area contributed by atoms with Gasteiger partial charge in [-0.2, -0.15) is 0 Å². The highest BCUT2D eigenvalue weighted by molar-refractivity contribution is 6.11.